The van der Waals surface area contributed by atoms with E-state index in [1.807, 2.05) is 13.0 Å². The summed E-state index contributed by atoms with van der Waals surface area (Å²) in [6.07, 6.45) is 0. The second kappa shape index (κ2) is 10.6. The number of nitrogens with one attached hydrogen (secondary N) is 1. The third-order valence-corrected chi connectivity index (χ3v) is 5.72. The zero-order valence-electron chi connectivity index (χ0n) is 15.9. The highest BCUT2D eigenvalue weighted by atomic mass is 79.9. The first-order chi connectivity index (χ1) is 14.4. The van der Waals surface area contributed by atoms with Crippen molar-refractivity contribution in [3.8, 4) is 11.5 Å². The molecule has 0 fully saturated rings. The van der Waals surface area contributed by atoms with E-state index in [1.54, 1.807) is 36.4 Å². The molecule has 1 N–H and O–H groups in total. The van der Waals surface area contributed by atoms with Gasteiger partial charge >= 0.3 is 0 Å². The first-order valence-corrected chi connectivity index (χ1v) is 11.0. The van der Waals surface area contributed by atoms with E-state index in [9.17, 15) is 4.39 Å². The minimum absolute atomic E-state index is 0.0172. The topological polar surface area (TPSA) is 30.5 Å². The molecular formula is C22H18BrCl3FNO2. The van der Waals surface area contributed by atoms with Crippen molar-refractivity contribution in [1.82, 2.24) is 0 Å². The molecule has 0 aliphatic rings. The first kappa shape index (κ1) is 23.0. The van der Waals surface area contributed by atoms with Gasteiger partial charge in [-0.25, -0.2) is 4.39 Å². The Hall–Kier alpha value is -1.66. The minimum atomic E-state index is -0.416. The van der Waals surface area contributed by atoms with Crippen molar-refractivity contribution in [3.05, 3.63) is 85.0 Å². The number of benzene rings is 3. The van der Waals surface area contributed by atoms with E-state index in [0.717, 1.165) is 15.7 Å². The average Bonchev–Trinajstić information content (AvgIpc) is 2.67. The van der Waals surface area contributed by atoms with Gasteiger partial charge in [0.15, 0.2) is 11.5 Å². The highest BCUT2D eigenvalue weighted by molar-refractivity contribution is 9.10. The van der Waals surface area contributed by atoms with Gasteiger partial charge in [0.1, 0.15) is 12.4 Å². The molecule has 0 amide bonds. The molecule has 0 bridgehead atoms. The van der Waals surface area contributed by atoms with Crippen LogP contribution in [0.5, 0.6) is 11.5 Å². The van der Waals surface area contributed by atoms with Gasteiger partial charge in [0.25, 0.3) is 0 Å². The van der Waals surface area contributed by atoms with Crippen LogP contribution in [-0.2, 0) is 13.2 Å². The van der Waals surface area contributed by atoms with Crippen LogP contribution >= 0.6 is 50.7 Å². The first-order valence-electron chi connectivity index (χ1n) is 9.08. The molecule has 0 aliphatic carbocycles. The number of anilines is 1. The third kappa shape index (κ3) is 5.94. The molecule has 0 radical (unpaired) electrons. The van der Waals surface area contributed by atoms with E-state index in [-0.39, 0.29) is 6.61 Å². The summed E-state index contributed by atoms with van der Waals surface area (Å²) in [5.41, 5.74) is 2.03. The normalized spacial score (nSPS) is 10.7. The van der Waals surface area contributed by atoms with E-state index >= 15 is 0 Å². The summed E-state index contributed by atoms with van der Waals surface area (Å²) in [7, 11) is 0. The number of hydrogen-bond donors (Lipinski definition) is 1. The van der Waals surface area contributed by atoms with E-state index in [2.05, 4.69) is 21.2 Å². The Morgan fingerprint density at radius 3 is 2.33 bits per heavy atom. The molecule has 8 heteroatoms. The maximum Gasteiger partial charge on any atom is 0.162 e. The predicted molar refractivity (Wildman–Crippen MR) is 125 cm³/mol. The SMILES string of the molecule is CCOc1cc(CNc2cc(Cl)cc(Cl)c2)c(Br)cc1OCc1c(F)cccc1Cl. The minimum Gasteiger partial charge on any atom is -0.490 e. The Morgan fingerprint density at radius 1 is 0.967 bits per heavy atom. The van der Waals surface area contributed by atoms with E-state index < -0.39 is 5.82 Å². The number of ether oxygens (including phenoxy) is 2. The maximum absolute atomic E-state index is 14.0. The Bertz CT molecular complexity index is 1010. The molecule has 0 saturated carbocycles. The van der Waals surface area contributed by atoms with Crippen LogP contribution < -0.4 is 14.8 Å². The van der Waals surface area contributed by atoms with Crippen LogP contribution in [0.2, 0.25) is 15.1 Å². The van der Waals surface area contributed by atoms with Gasteiger partial charge in [0, 0.05) is 32.3 Å². The molecule has 158 valence electrons. The standard InChI is InChI=1S/C22H18BrCl3FNO2/c1-2-29-21-6-13(11-28-16-8-14(24)7-15(25)9-16)18(23)10-22(21)30-12-17-19(26)4-3-5-20(17)27/h3-10,28H,2,11-12H2,1H3. The van der Waals surface area contributed by atoms with E-state index in [4.69, 9.17) is 44.3 Å². The van der Waals surface area contributed by atoms with Gasteiger partial charge in [-0.05, 0) is 55.0 Å². The fraction of sp³-hybridized carbons (Fsp3) is 0.182. The lowest BCUT2D eigenvalue weighted by Gasteiger charge is -2.16. The van der Waals surface area contributed by atoms with Gasteiger partial charge in [-0.15, -0.1) is 0 Å². The fourth-order valence-electron chi connectivity index (χ4n) is 2.77. The smallest absolute Gasteiger partial charge is 0.162 e. The summed E-state index contributed by atoms with van der Waals surface area (Å²) in [4.78, 5) is 0. The molecule has 0 saturated heterocycles. The quantitative estimate of drug-likeness (QED) is 0.317. The van der Waals surface area contributed by atoms with Crippen molar-refractivity contribution in [2.24, 2.45) is 0 Å². The molecule has 3 nitrogen and oxygen atoms in total. The van der Waals surface area contributed by atoms with Gasteiger partial charge < -0.3 is 14.8 Å². The number of halogens is 5. The second-order valence-electron chi connectivity index (χ2n) is 6.32. The number of hydrogen-bond acceptors (Lipinski definition) is 3. The predicted octanol–water partition coefficient (Wildman–Crippen LogP) is 8.14. The Labute approximate surface area is 198 Å². The van der Waals surface area contributed by atoms with Gasteiger partial charge in [0.05, 0.1) is 11.6 Å². The summed E-state index contributed by atoms with van der Waals surface area (Å²) in [6.45, 7) is 2.81. The van der Waals surface area contributed by atoms with Crippen molar-refractivity contribution in [2.45, 2.75) is 20.1 Å². The summed E-state index contributed by atoms with van der Waals surface area (Å²) in [6, 6.07) is 13.4. The van der Waals surface area contributed by atoms with Gasteiger partial charge in [-0.3, -0.25) is 0 Å². The second-order valence-corrected chi connectivity index (χ2v) is 8.46. The fourth-order valence-corrected chi connectivity index (χ4v) is 3.97. The molecule has 3 rings (SSSR count). The van der Waals surface area contributed by atoms with Gasteiger partial charge in [-0.2, -0.15) is 0 Å². The van der Waals surface area contributed by atoms with Crippen molar-refractivity contribution in [1.29, 1.82) is 0 Å². The van der Waals surface area contributed by atoms with E-state index in [1.165, 1.54) is 6.07 Å². The Balaban J connectivity index is 1.79. The van der Waals surface area contributed by atoms with Gasteiger partial charge in [-0.1, -0.05) is 56.8 Å². The molecular weight excluding hydrogens is 516 g/mol. The van der Waals surface area contributed by atoms with Crippen molar-refractivity contribution < 1.29 is 13.9 Å². The number of rotatable bonds is 8. The lowest BCUT2D eigenvalue weighted by atomic mass is 10.2. The van der Waals surface area contributed by atoms with Crippen molar-refractivity contribution in [3.63, 3.8) is 0 Å². The average molecular weight is 534 g/mol. The van der Waals surface area contributed by atoms with Crippen LogP contribution in [0.4, 0.5) is 10.1 Å². The highest BCUT2D eigenvalue weighted by Crippen LogP contribution is 2.35. The van der Waals surface area contributed by atoms with Crippen molar-refractivity contribution in [2.75, 3.05) is 11.9 Å². The maximum atomic E-state index is 14.0. The molecule has 0 unspecified atom stereocenters. The van der Waals surface area contributed by atoms with Crippen LogP contribution in [-0.4, -0.2) is 6.61 Å². The largest absolute Gasteiger partial charge is 0.490 e. The molecule has 0 heterocycles. The Kier molecular flexibility index (Phi) is 8.12. The molecule has 0 aromatic heterocycles. The zero-order chi connectivity index (χ0) is 21.7. The summed E-state index contributed by atoms with van der Waals surface area (Å²) < 4.78 is 26.4. The highest BCUT2D eigenvalue weighted by Gasteiger charge is 2.14. The molecule has 3 aromatic rings. The molecule has 30 heavy (non-hydrogen) atoms. The Morgan fingerprint density at radius 2 is 1.67 bits per heavy atom. The molecule has 0 spiro atoms. The molecule has 0 aliphatic heterocycles. The molecule has 3 aromatic carbocycles. The lowest BCUT2D eigenvalue weighted by molar-refractivity contribution is 0.265. The summed E-state index contributed by atoms with van der Waals surface area (Å²) in [5.74, 6) is 0.618. The zero-order valence-corrected chi connectivity index (χ0v) is 19.8. The summed E-state index contributed by atoms with van der Waals surface area (Å²) >= 11 is 21.8. The summed E-state index contributed by atoms with van der Waals surface area (Å²) in [5, 5.41) is 4.70. The van der Waals surface area contributed by atoms with E-state index in [0.29, 0.717) is 45.3 Å². The third-order valence-electron chi connectivity index (χ3n) is 4.19. The van der Waals surface area contributed by atoms with Gasteiger partial charge in [0.2, 0.25) is 0 Å². The van der Waals surface area contributed by atoms with Crippen molar-refractivity contribution >= 4 is 56.4 Å². The van der Waals surface area contributed by atoms with Crippen LogP contribution in [0, 0.1) is 5.82 Å². The van der Waals surface area contributed by atoms with Crippen LogP contribution in [0.1, 0.15) is 18.1 Å². The van der Waals surface area contributed by atoms with Crippen LogP contribution in [0.15, 0.2) is 53.0 Å². The van der Waals surface area contributed by atoms with Crippen LogP contribution in [0.25, 0.3) is 0 Å². The van der Waals surface area contributed by atoms with Crippen LogP contribution in [0.3, 0.4) is 0 Å². The molecule has 0 atom stereocenters. The lowest BCUT2D eigenvalue weighted by Crippen LogP contribution is -2.05. The monoisotopic (exact) mass is 531 g/mol.